The van der Waals surface area contributed by atoms with Gasteiger partial charge in [0.25, 0.3) is 0 Å². The van der Waals surface area contributed by atoms with Crippen molar-refractivity contribution in [3.63, 3.8) is 0 Å². The first-order chi connectivity index (χ1) is 4.66. The topological polar surface area (TPSA) is 20.2 Å². The second kappa shape index (κ2) is 6.05. The molecule has 1 nitrogen and oxygen atoms in total. The quantitative estimate of drug-likeness (QED) is 0.667. The van der Waals surface area contributed by atoms with E-state index in [1.54, 1.807) is 0 Å². The Kier molecular flexibility index (Phi) is 6.24. The maximum atomic E-state index is 8.69. The average Bonchev–Trinajstić information content (AvgIpc) is 1.87. The van der Waals surface area contributed by atoms with Crippen LogP contribution in [0.3, 0.4) is 0 Å². The van der Waals surface area contributed by atoms with Gasteiger partial charge in [-0.25, -0.2) is 0 Å². The largest absolute Gasteiger partial charge is 0.396 e. The predicted molar refractivity (Wildman–Crippen MR) is 48.4 cm³/mol. The number of aliphatic hydroxyl groups excluding tert-OH is 1. The molecule has 0 saturated heterocycles. The van der Waals surface area contributed by atoms with Crippen molar-refractivity contribution in [2.24, 2.45) is 11.8 Å². The Labute approximate surface area is 68.2 Å². The van der Waals surface area contributed by atoms with Crippen molar-refractivity contribution >= 4 is 11.8 Å². The van der Waals surface area contributed by atoms with Crippen LogP contribution in [-0.4, -0.2) is 23.2 Å². The lowest BCUT2D eigenvalue weighted by Crippen LogP contribution is -2.05. The maximum Gasteiger partial charge on any atom is 0.0464 e. The van der Waals surface area contributed by atoms with Gasteiger partial charge in [0.05, 0.1) is 0 Å². The number of rotatable bonds is 5. The molecule has 62 valence electrons. The summed E-state index contributed by atoms with van der Waals surface area (Å²) in [5.74, 6) is 3.54. The molecule has 0 saturated carbocycles. The minimum atomic E-state index is 0.324. The molecular weight excluding hydrogens is 144 g/mol. The summed E-state index contributed by atoms with van der Waals surface area (Å²) in [6.45, 7) is 6.84. The van der Waals surface area contributed by atoms with Crippen molar-refractivity contribution in [1.82, 2.24) is 0 Å². The van der Waals surface area contributed by atoms with E-state index in [1.807, 2.05) is 11.8 Å². The number of hydrogen-bond acceptors (Lipinski definition) is 2. The second-order valence-corrected chi connectivity index (χ2v) is 4.29. The molecule has 1 atom stereocenters. The van der Waals surface area contributed by atoms with Gasteiger partial charge in [-0.05, 0) is 23.3 Å². The molecule has 0 aliphatic rings. The van der Waals surface area contributed by atoms with E-state index in [-0.39, 0.29) is 0 Å². The summed E-state index contributed by atoms with van der Waals surface area (Å²) in [5.41, 5.74) is 0. The van der Waals surface area contributed by atoms with Crippen LogP contribution in [0, 0.1) is 11.8 Å². The molecule has 0 aliphatic carbocycles. The number of hydrogen-bond donors (Lipinski definition) is 1. The van der Waals surface area contributed by atoms with Crippen LogP contribution in [0.1, 0.15) is 20.8 Å². The third-order valence-corrected chi connectivity index (χ3v) is 2.87. The van der Waals surface area contributed by atoms with Gasteiger partial charge in [0.1, 0.15) is 0 Å². The monoisotopic (exact) mass is 162 g/mol. The molecule has 0 fully saturated rings. The van der Waals surface area contributed by atoms with Crippen molar-refractivity contribution in [3.05, 3.63) is 0 Å². The Bertz CT molecular complexity index is 73.7. The van der Waals surface area contributed by atoms with Gasteiger partial charge >= 0.3 is 0 Å². The summed E-state index contributed by atoms with van der Waals surface area (Å²) in [7, 11) is 0. The lowest BCUT2D eigenvalue weighted by atomic mass is 10.2. The zero-order valence-corrected chi connectivity index (χ0v) is 7.95. The van der Waals surface area contributed by atoms with E-state index in [2.05, 4.69) is 20.8 Å². The van der Waals surface area contributed by atoms with Crippen LogP contribution in [0.5, 0.6) is 0 Å². The molecule has 1 unspecified atom stereocenters. The highest BCUT2D eigenvalue weighted by molar-refractivity contribution is 7.99. The van der Waals surface area contributed by atoms with Crippen LogP contribution in [0.15, 0.2) is 0 Å². The first kappa shape index (κ1) is 10.3. The molecule has 0 spiro atoms. The van der Waals surface area contributed by atoms with E-state index in [4.69, 9.17) is 5.11 Å². The molecular formula is C8H18OS. The first-order valence-corrected chi connectivity index (χ1v) is 5.01. The minimum absolute atomic E-state index is 0.324. The highest BCUT2D eigenvalue weighted by atomic mass is 32.2. The molecule has 0 rings (SSSR count). The third-order valence-electron chi connectivity index (χ3n) is 1.17. The van der Waals surface area contributed by atoms with Crippen LogP contribution in [0.4, 0.5) is 0 Å². The fourth-order valence-electron chi connectivity index (χ4n) is 0.558. The van der Waals surface area contributed by atoms with Gasteiger partial charge in [-0.1, -0.05) is 20.8 Å². The summed E-state index contributed by atoms with van der Waals surface area (Å²) in [5, 5.41) is 8.69. The van der Waals surface area contributed by atoms with E-state index in [1.165, 1.54) is 5.75 Å². The molecule has 1 N–H and O–H groups in total. The molecule has 0 amide bonds. The Morgan fingerprint density at radius 1 is 1.20 bits per heavy atom. The molecule has 0 aromatic heterocycles. The molecule has 0 aromatic carbocycles. The van der Waals surface area contributed by atoms with Crippen molar-refractivity contribution in [2.45, 2.75) is 20.8 Å². The number of aliphatic hydroxyl groups is 1. The molecule has 0 aromatic rings. The van der Waals surface area contributed by atoms with E-state index in [0.29, 0.717) is 12.5 Å². The van der Waals surface area contributed by atoms with Crippen molar-refractivity contribution < 1.29 is 5.11 Å². The maximum absolute atomic E-state index is 8.69. The highest BCUT2D eigenvalue weighted by Crippen LogP contribution is 2.11. The van der Waals surface area contributed by atoms with Crippen LogP contribution in [-0.2, 0) is 0 Å². The molecule has 0 heterocycles. The van der Waals surface area contributed by atoms with Gasteiger partial charge in [0.15, 0.2) is 0 Å². The molecule has 2 heteroatoms. The fourth-order valence-corrected chi connectivity index (χ4v) is 1.67. The Balaban J connectivity index is 3.03. The summed E-state index contributed by atoms with van der Waals surface area (Å²) in [6, 6.07) is 0. The zero-order valence-electron chi connectivity index (χ0n) is 7.13. The predicted octanol–water partition coefficient (Wildman–Crippen LogP) is 2.00. The van der Waals surface area contributed by atoms with Gasteiger partial charge in [-0.15, -0.1) is 0 Å². The summed E-state index contributed by atoms with van der Waals surface area (Å²) < 4.78 is 0. The summed E-state index contributed by atoms with van der Waals surface area (Å²) in [6.07, 6.45) is 0. The van der Waals surface area contributed by atoms with Crippen LogP contribution in [0.25, 0.3) is 0 Å². The Morgan fingerprint density at radius 2 is 1.80 bits per heavy atom. The second-order valence-electron chi connectivity index (χ2n) is 3.22. The van der Waals surface area contributed by atoms with E-state index < -0.39 is 0 Å². The first-order valence-electron chi connectivity index (χ1n) is 3.85. The Morgan fingerprint density at radius 3 is 2.20 bits per heavy atom. The lowest BCUT2D eigenvalue weighted by Gasteiger charge is -2.08. The highest BCUT2D eigenvalue weighted by Gasteiger charge is 2.00. The van der Waals surface area contributed by atoms with Crippen LogP contribution in [0.2, 0.25) is 0 Å². The number of thioether (sulfide) groups is 1. The molecule has 0 bridgehead atoms. The SMILES string of the molecule is CC(C)CSCC(C)CO. The van der Waals surface area contributed by atoms with Gasteiger partial charge in [0.2, 0.25) is 0 Å². The third kappa shape index (κ3) is 6.43. The van der Waals surface area contributed by atoms with E-state index >= 15 is 0 Å². The smallest absolute Gasteiger partial charge is 0.0464 e. The van der Waals surface area contributed by atoms with Crippen molar-refractivity contribution in [2.75, 3.05) is 18.1 Å². The van der Waals surface area contributed by atoms with Gasteiger partial charge < -0.3 is 5.11 Å². The fraction of sp³-hybridized carbons (Fsp3) is 1.00. The van der Waals surface area contributed by atoms with Crippen LogP contribution < -0.4 is 0 Å². The van der Waals surface area contributed by atoms with E-state index in [0.717, 1.165) is 11.7 Å². The molecule has 0 aliphatic heterocycles. The van der Waals surface area contributed by atoms with Gasteiger partial charge in [-0.3, -0.25) is 0 Å². The standard InChI is InChI=1S/C8H18OS/c1-7(2)5-10-6-8(3)4-9/h7-9H,4-6H2,1-3H3. The van der Waals surface area contributed by atoms with E-state index in [9.17, 15) is 0 Å². The zero-order chi connectivity index (χ0) is 7.98. The normalized spacial score (nSPS) is 14.1. The molecule has 10 heavy (non-hydrogen) atoms. The summed E-state index contributed by atoms with van der Waals surface area (Å²) in [4.78, 5) is 0. The van der Waals surface area contributed by atoms with Crippen LogP contribution >= 0.6 is 11.8 Å². The lowest BCUT2D eigenvalue weighted by molar-refractivity contribution is 0.250. The molecule has 0 radical (unpaired) electrons. The van der Waals surface area contributed by atoms with Crippen molar-refractivity contribution in [1.29, 1.82) is 0 Å². The average molecular weight is 162 g/mol. The van der Waals surface area contributed by atoms with Gasteiger partial charge in [0, 0.05) is 6.61 Å². The van der Waals surface area contributed by atoms with Crippen molar-refractivity contribution in [3.8, 4) is 0 Å². The Hall–Kier alpha value is 0.310. The summed E-state index contributed by atoms with van der Waals surface area (Å²) >= 11 is 1.93. The van der Waals surface area contributed by atoms with Gasteiger partial charge in [-0.2, -0.15) is 11.8 Å². The minimum Gasteiger partial charge on any atom is -0.396 e.